The molecule has 2 aromatic heterocycles. The second-order valence-corrected chi connectivity index (χ2v) is 8.66. The summed E-state index contributed by atoms with van der Waals surface area (Å²) < 4.78 is 2.28. The van der Waals surface area contributed by atoms with Gasteiger partial charge >= 0.3 is 0 Å². The third-order valence-electron chi connectivity index (χ3n) is 5.93. The van der Waals surface area contributed by atoms with E-state index in [4.69, 9.17) is 16.6 Å². The predicted octanol–water partition coefficient (Wildman–Crippen LogP) is 6.82. The third kappa shape index (κ3) is 3.53. The number of nitrogens with zero attached hydrogens (tertiary/aromatic N) is 3. The summed E-state index contributed by atoms with van der Waals surface area (Å²) in [5.41, 5.74) is 7.35. The lowest BCUT2D eigenvalue weighted by molar-refractivity contribution is 0.642. The van der Waals surface area contributed by atoms with E-state index in [9.17, 15) is 0 Å². The van der Waals surface area contributed by atoms with Crippen molar-refractivity contribution in [2.24, 2.45) is 5.92 Å². The van der Waals surface area contributed by atoms with Gasteiger partial charge in [0.1, 0.15) is 5.82 Å². The van der Waals surface area contributed by atoms with Crippen LogP contribution in [0, 0.1) is 5.92 Å². The first-order valence-electron chi connectivity index (χ1n) is 10.6. The minimum Gasteiger partial charge on any atom is -0.337 e. The van der Waals surface area contributed by atoms with Crippen molar-refractivity contribution >= 4 is 22.6 Å². The molecule has 1 aliphatic rings. The molecule has 0 spiro atoms. The number of H-pyrrole nitrogens is 1. The number of rotatable bonds is 5. The highest BCUT2D eigenvalue weighted by Crippen LogP contribution is 2.36. The lowest BCUT2D eigenvalue weighted by Crippen LogP contribution is -1.97. The lowest BCUT2D eigenvalue weighted by atomic mass is 10.0. The summed E-state index contributed by atoms with van der Waals surface area (Å²) in [6.45, 7) is 1.04. The van der Waals surface area contributed by atoms with Gasteiger partial charge in [0.25, 0.3) is 0 Å². The van der Waals surface area contributed by atoms with E-state index >= 15 is 0 Å². The molecule has 0 radical (unpaired) electrons. The fourth-order valence-electron chi connectivity index (χ4n) is 4.07. The zero-order valence-corrected chi connectivity index (χ0v) is 17.7. The Morgan fingerprint density at radius 3 is 2.45 bits per heavy atom. The molecule has 2 heterocycles. The molecule has 5 heteroatoms. The van der Waals surface area contributed by atoms with Gasteiger partial charge in [-0.15, -0.1) is 0 Å². The molecule has 152 valence electrons. The normalized spacial score (nSPS) is 13.7. The van der Waals surface area contributed by atoms with Crippen LogP contribution in [0.25, 0.3) is 44.9 Å². The Morgan fingerprint density at radius 2 is 1.68 bits per heavy atom. The average molecular weight is 425 g/mol. The van der Waals surface area contributed by atoms with Gasteiger partial charge in [-0.05, 0) is 55.2 Å². The monoisotopic (exact) mass is 424 g/mol. The number of hydrogen-bond donors (Lipinski definition) is 1. The Labute approximate surface area is 185 Å². The molecule has 0 aliphatic heterocycles. The molecule has 0 unspecified atom stereocenters. The molecule has 6 rings (SSSR count). The summed E-state index contributed by atoms with van der Waals surface area (Å²) in [7, 11) is 0. The quantitative estimate of drug-likeness (QED) is 0.336. The molecule has 1 N–H and O–H groups in total. The van der Waals surface area contributed by atoms with Crippen molar-refractivity contribution in [2.75, 3.05) is 0 Å². The van der Waals surface area contributed by atoms with Crippen LogP contribution in [0.2, 0.25) is 5.02 Å². The van der Waals surface area contributed by atoms with Gasteiger partial charge in [-0.1, -0.05) is 48.0 Å². The summed E-state index contributed by atoms with van der Waals surface area (Å²) in [5, 5.41) is 0.716. The van der Waals surface area contributed by atoms with E-state index < -0.39 is 0 Å². The zero-order valence-electron chi connectivity index (χ0n) is 16.9. The first kappa shape index (κ1) is 18.4. The first-order valence-corrected chi connectivity index (χ1v) is 11.0. The number of halogens is 1. The minimum atomic E-state index is 0.716. The predicted molar refractivity (Wildman–Crippen MR) is 126 cm³/mol. The third-order valence-corrected chi connectivity index (χ3v) is 6.18. The maximum absolute atomic E-state index is 6.09. The number of aromatic nitrogens is 4. The number of aromatic amines is 1. The van der Waals surface area contributed by atoms with Crippen molar-refractivity contribution in [3.63, 3.8) is 0 Å². The van der Waals surface area contributed by atoms with Gasteiger partial charge in [0, 0.05) is 28.3 Å². The Kier molecular flexibility index (Phi) is 4.39. The molecule has 0 atom stereocenters. The van der Waals surface area contributed by atoms with E-state index in [0.717, 1.165) is 51.9 Å². The van der Waals surface area contributed by atoms with E-state index in [2.05, 4.69) is 57.0 Å². The van der Waals surface area contributed by atoms with Crippen molar-refractivity contribution in [1.29, 1.82) is 0 Å². The van der Waals surface area contributed by atoms with Gasteiger partial charge in [0.15, 0.2) is 0 Å². The van der Waals surface area contributed by atoms with Crippen LogP contribution in [0.3, 0.4) is 0 Å². The minimum absolute atomic E-state index is 0.716. The molecule has 3 aromatic carbocycles. The summed E-state index contributed by atoms with van der Waals surface area (Å²) in [6.07, 6.45) is 4.61. The molecular weight excluding hydrogens is 404 g/mol. The highest BCUT2D eigenvalue weighted by atomic mass is 35.5. The largest absolute Gasteiger partial charge is 0.337 e. The van der Waals surface area contributed by atoms with E-state index in [1.165, 1.54) is 18.4 Å². The van der Waals surface area contributed by atoms with Crippen LogP contribution in [-0.4, -0.2) is 19.5 Å². The van der Waals surface area contributed by atoms with Gasteiger partial charge in [0.05, 0.1) is 28.7 Å². The van der Waals surface area contributed by atoms with Crippen LogP contribution in [-0.2, 0) is 6.54 Å². The van der Waals surface area contributed by atoms with Crippen molar-refractivity contribution in [2.45, 2.75) is 19.4 Å². The number of hydrogen-bond acceptors (Lipinski definition) is 2. The van der Waals surface area contributed by atoms with Crippen LogP contribution in [0.5, 0.6) is 0 Å². The Balaban J connectivity index is 1.50. The SMILES string of the molecule is Clc1ccc(-c2nc(-c3ccc4ncn(CC5CC5)c4c3)c(-c3ccccc3)[nH]2)cc1. The Bertz CT molecular complexity index is 1360. The molecule has 5 aromatic rings. The van der Waals surface area contributed by atoms with Gasteiger partial charge in [-0.25, -0.2) is 9.97 Å². The Hall–Kier alpha value is -3.37. The number of fused-ring (bicyclic) bond motifs is 1. The molecule has 1 aliphatic carbocycles. The molecule has 0 bridgehead atoms. The fourth-order valence-corrected chi connectivity index (χ4v) is 4.19. The fraction of sp³-hybridized carbons (Fsp3) is 0.154. The summed E-state index contributed by atoms with van der Waals surface area (Å²) >= 11 is 6.09. The van der Waals surface area contributed by atoms with Gasteiger partial charge in [0.2, 0.25) is 0 Å². The molecule has 31 heavy (non-hydrogen) atoms. The van der Waals surface area contributed by atoms with Crippen LogP contribution in [0.4, 0.5) is 0 Å². The van der Waals surface area contributed by atoms with Gasteiger partial charge in [-0.2, -0.15) is 0 Å². The van der Waals surface area contributed by atoms with E-state index in [0.29, 0.717) is 5.02 Å². The van der Waals surface area contributed by atoms with Crippen molar-refractivity contribution in [3.05, 3.63) is 84.1 Å². The molecule has 4 nitrogen and oxygen atoms in total. The highest BCUT2D eigenvalue weighted by Gasteiger charge is 2.23. The summed E-state index contributed by atoms with van der Waals surface area (Å²) in [4.78, 5) is 13.2. The van der Waals surface area contributed by atoms with E-state index in [-0.39, 0.29) is 0 Å². The van der Waals surface area contributed by atoms with Gasteiger partial charge < -0.3 is 9.55 Å². The maximum Gasteiger partial charge on any atom is 0.138 e. The summed E-state index contributed by atoms with van der Waals surface area (Å²) in [5.74, 6) is 1.62. The van der Waals surface area contributed by atoms with Gasteiger partial charge in [-0.3, -0.25) is 0 Å². The second kappa shape index (κ2) is 7.40. The molecule has 0 amide bonds. The maximum atomic E-state index is 6.09. The first-order chi connectivity index (χ1) is 15.2. The standard InChI is InChI=1S/C26H21ClN4/c27-21-11-8-19(9-12-21)26-29-24(18-4-2-1-3-5-18)25(30-26)20-10-13-22-23(14-20)31(16-28-22)15-17-6-7-17/h1-5,8-14,16-17H,6-7,15H2,(H,29,30). The Morgan fingerprint density at radius 1 is 0.903 bits per heavy atom. The van der Waals surface area contributed by atoms with Crippen LogP contribution in [0.1, 0.15) is 12.8 Å². The lowest BCUT2D eigenvalue weighted by Gasteiger charge is -2.06. The van der Waals surface area contributed by atoms with Crippen molar-refractivity contribution in [3.8, 4) is 33.9 Å². The second-order valence-electron chi connectivity index (χ2n) is 8.23. The number of benzene rings is 3. The smallest absolute Gasteiger partial charge is 0.138 e. The molecule has 0 saturated heterocycles. The van der Waals surface area contributed by atoms with E-state index in [1.54, 1.807) is 0 Å². The topological polar surface area (TPSA) is 46.5 Å². The van der Waals surface area contributed by atoms with E-state index in [1.807, 2.05) is 36.7 Å². The van der Waals surface area contributed by atoms with Crippen LogP contribution in [0.15, 0.2) is 79.1 Å². The zero-order chi connectivity index (χ0) is 20.8. The summed E-state index contributed by atoms with van der Waals surface area (Å²) in [6, 6.07) is 24.6. The van der Waals surface area contributed by atoms with Crippen molar-refractivity contribution in [1.82, 2.24) is 19.5 Å². The average Bonchev–Trinajstić information content (AvgIpc) is 3.37. The molecular formula is C26H21ClN4. The molecule has 1 saturated carbocycles. The van der Waals surface area contributed by atoms with Crippen LogP contribution < -0.4 is 0 Å². The number of imidazole rings is 2. The molecule has 1 fully saturated rings. The van der Waals surface area contributed by atoms with Crippen molar-refractivity contribution < 1.29 is 0 Å². The number of nitrogens with one attached hydrogen (secondary N) is 1. The highest BCUT2D eigenvalue weighted by molar-refractivity contribution is 6.30. The van der Waals surface area contributed by atoms with Crippen LogP contribution >= 0.6 is 11.6 Å².